The molecule has 14 heavy (non-hydrogen) atoms. The third-order valence-electron chi connectivity index (χ3n) is 1.55. The van der Waals surface area contributed by atoms with Crippen molar-refractivity contribution in [2.24, 2.45) is 0 Å². The second-order valence-corrected chi connectivity index (χ2v) is 2.43. The smallest absolute Gasteiger partial charge is 0.342 e. The molecule has 0 atom stereocenters. The van der Waals surface area contributed by atoms with E-state index in [0.29, 0.717) is 5.75 Å². The van der Waals surface area contributed by atoms with Gasteiger partial charge in [0.15, 0.2) is 0 Å². The lowest BCUT2D eigenvalue weighted by Crippen LogP contribution is -2.08. The standard InChI is InChI=1S/C9H10FNO3/c1-3-14-9(12)7-4-6(13-2)5-11-8(7)10/h4-5H,3H2,1-2H3. The highest BCUT2D eigenvalue weighted by molar-refractivity contribution is 5.89. The van der Waals surface area contributed by atoms with Crippen LogP contribution in [-0.4, -0.2) is 24.7 Å². The van der Waals surface area contributed by atoms with Gasteiger partial charge in [-0.1, -0.05) is 0 Å². The lowest BCUT2D eigenvalue weighted by Gasteiger charge is -2.04. The highest BCUT2D eigenvalue weighted by atomic mass is 19.1. The molecule has 0 saturated heterocycles. The van der Waals surface area contributed by atoms with Crippen LogP contribution >= 0.6 is 0 Å². The molecule has 0 fully saturated rings. The van der Waals surface area contributed by atoms with E-state index in [4.69, 9.17) is 4.74 Å². The third kappa shape index (κ3) is 2.18. The van der Waals surface area contributed by atoms with Crippen molar-refractivity contribution in [3.63, 3.8) is 0 Å². The molecule has 0 bridgehead atoms. The number of rotatable bonds is 3. The van der Waals surface area contributed by atoms with Crippen LogP contribution < -0.4 is 4.74 Å². The molecule has 5 heteroatoms. The van der Waals surface area contributed by atoms with Crippen LogP contribution in [0.3, 0.4) is 0 Å². The van der Waals surface area contributed by atoms with Crippen LogP contribution in [0, 0.1) is 5.95 Å². The Morgan fingerprint density at radius 2 is 2.36 bits per heavy atom. The van der Waals surface area contributed by atoms with Crippen molar-refractivity contribution in [2.75, 3.05) is 13.7 Å². The lowest BCUT2D eigenvalue weighted by molar-refractivity contribution is 0.0519. The molecule has 0 aliphatic rings. The summed E-state index contributed by atoms with van der Waals surface area (Å²) in [5.74, 6) is -1.28. The first-order valence-electron chi connectivity index (χ1n) is 4.05. The molecule has 0 amide bonds. The van der Waals surface area contributed by atoms with Crippen LogP contribution in [0.5, 0.6) is 5.75 Å². The average molecular weight is 199 g/mol. The van der Waals surface area contributed by atoms with Crippen molar-refractivity contribution in [1.82, 2.24) is 4.98 Å². The maximum absolute atomic E-state index is 13.0. The van der Waals surface area contributed by atoms with Gasteiger partial charge in [0.25, 0.3) is 0 Å². The first-order valence-corrected chi connectivity index (χ1v) is 4.05. The number of methoxy groups -OCH3 is 1. The number of hydrogen-bond donors (Lipinski definition) is 0. The van der Waals surface area contributed by atoms with Crippen molar-refractivity contribution in [3.05, 3.63) is 23.8 Å². The molecule has 0 saturated carbocycles. The Hall–Kier alpha value is -1.65. The molecule has 0 aliphatic carbocycles. The number of carbonyl (C=O) groups excluding carboxylic acids is 1. The summed E-state index contributed by atoms with van der Waals surface area (Å²) in [6, 6.07) is 1.25. The van der Waals surface area contributed by atoms with Gasteiger partial charge in [0, 0.05) is 6.07 Å². The molecule has 1 aromatic rings. The predicted molar refractivity (Wildman–Crippen MR) is 46.7 cm³/mol. The van der Waals surface area contributed by atoms with E-state index >= 15 is 0 Å². The number of carbonyl (C=O) groups is 1. The van der Waals surface area contributed by atoms with E-state index < -0.39 is 11.9 Å². The summed E-state index contributed by atoms with van der Waals surface area (Å²) in [6.07, 6.45) is 1.19. The van der Waals surface area contributed by atoms with Crippen molar-refractivity contribution < 1.29 is 18.7 Å². The third-order valence-corrected chi connectivity index (χ3v) is 1.55. The minimum atomic E-state index is -0.857. The van der Waals surface area contributed by atoms with E-state index in [1.807, 2.05) is 0 Å². The Labute approximate surface area is 80.7 Å². The first kappa shape index (κ1) is 10.4. The maximum Gasteiger partial charge on any atom is 0.342 e. The zero-order valence-electron chi connectivity index (χ0n) is 7.91. The predicted octanol–water partition coefficient (Wildman–Crippen LogP) is 1.41. The average Bonchev–Trinajstić information content (AvgIpc) is 2.19. The number of aromatic nitrogens is 1. The number of esters is 1. The molecule has 1 heterocycles. The van der Waals surface area contributed by atoms with E-state index in [1.165, 1.54) is 19.4 Å². The topological polar surface area (TPSA) is 48.4 Å². The molecular formula is C9H10FNO3. The zero-order chi connectivity index (χ0) is 10.6. The number of pyridine rings is 1. The number of hydrogen-bond acceptors (Lipinski definition) is 4. The van der Waals surface area contributed by atoms with Gasteiger partial charge in [-0.15, -0.1) is 0 Å². The van der Waals surface area contributed by atoms with Crippen LogP contribution in [-0.2, 0) is 4.74 Å². The van der Waals surface area contributed by atoms with Crippen LogP contribution in [0.15, 0.2) is 12.3 Å². The number of halogens is 1. The van der Waals surface area contributed by atoms with Crippen molar-refractivity contribution in [3.8, 4) is 5.75 Å². The van der Waals surface area contributed by atoms with Gasteiger partial charge in [0.05, 0.1) is 19.9 Å². The van der Waals surface area contributed by atoms with Crippen LogP contribution in [0.1, 0.15) is 17.3 Å². The van der Waals surface area contributed by atoms with Gasteiger partial charge < -0.3 is 9.47 Å². The number of ether oxygens (including phenoxy) is 2. The fourth-order valence-corrected chi connectivity index (χ4v) is 0.893. The molecule has 0 unspecified atom stereocenters. The molecule has 1 aromatic heterocycles. The molecule has 0 radical (unpaired) electrons. The minimum Gasteiger partial charge on any atom is -0.495 e. The van der Waals surface area contributed by atoms with Gasteiger partial charge in [0.1, 0.15) is 11.3 Å². The molecule has 0 N–H and O–H groups in total. The summed E-state index contributed by atoms with van der Waals surface area (Å²) in [5.41, 5.74) is -0.216. The Balaban J connectivity index is 2.99. The van der Waals surface area contributed by atoms with Gasteiger partial charge >= 0.3 is 5.97 Å². The second kappa shape index (κ2) is 4.55. The molecule has 0 aliphatic heterocycles. The second-order valence-electron chi connectivity index (χ2n) is 2.43. The molecule has 4 nitrogen and oxygen atoms in total. The number of nitrogens with zero attached hydrogens (tertiary/aromatic N) is 1. The fourth-order valence-electron chi connectivity index (χ4n) is 0.893. The molecule has 0 spiro atoms. The van der Waals surface area contributed by atoms with Gasteiger partial charge in [0.2, 0.25) is 5.95 Å². The van der Waals surface area contributed by atoms with Gasteiger partial charge in [-0.25, -0.2) is 9.78 Å². The maximum atomic E-state index is 13.0. The van der Waals surface area contributed by atoms with Crippen molar-refractivity contribution >= 4 is 5.97 Å². The van der Waals surface area contributed by atoms with E-state index in [0.717, 1.165) is 0 Å². The molecule has 1 rings (SSSR count). The highest BCUT2D eigenvalue weighted by Crippen LogP contribution is 2.14. The quantitative estimate of drug-likeness (QED) is 0.545. The zero-order valence-corrected chi connectivity index (χ0v) is 7.91. The molecular weight excluding hydrogens is 189 g/mol. The van der Waals surface area contributed by atoms with Crippen LogP contribution in [0.25, 0.3) is 0 Å². The summed E-state index contributed by atoms with van der Waals surface area (Å²) in [4.78, 5) is 14.5. The van der Waals surface area contributed by atoms with Gasteiger partial charge in [-0.2, -0.15) is 4.39 Å². The minimum absolute atomic E-state index is 0.190. The summed E-state index contributed by atoms with van der Waals surface area (Å²) in [5, 5.41) is 0. The summed E-state index contributed by atoms with van der Waals surface area (Å²) >= 11 is 0. The SMILES string of the molecule is CCOC(=O)c1cc(OC)cnc1F. The Morgan fingerprint density at radius 1 is 1.64 bits per heavy atom. The normalized spacial score (nSPS) is 9.64. The Bertz CT molecular complexity index is 341. The van der Waals surface area contributed by atoms with E-state index in [9.17, 15) is 9.18 Å². The monoisotopic (exact) mass is 199 g/mol. The summed E-state index contributed by atoms with van der Waals surface area (Å²) in [7, 11) is 1.41. The fraction of sp³-hybridized carbons (Fsp3) is 0.333. The molecule has 76 valence electrons. The van der Waals surface area contributed by atoms with Gasteiger partial charge in [-0.05, 0) is 6.92 Å². The highest BCUT2D eigenvalue weighted by Gasteiger charge is 2.14. The Kier molecular flexibility index (Phi) is 3.39. The van der Waals surface area contributed by atoms with Crippen molar-refractivity contribution in [2.45, 2.75) is 6.92 Å². The Morgan fingerprint density at radius 3 is 2.93 bits per heavy atom. The summed E-state index contributed by atoms with van der Waals surface area (Å²) < 4.78 is 22.4. The van der Waals surface area contributed by atoms with E-state index in [-0.39, 0.29) is 12.2 Å². The van der Waals surface area contributed by atoms with E-state index in [2.05, 4.69) is 9.72 Å². The van der Waals surface area contributed by atoms with Crippen LogP contribution in [0.4, 0.5) is 4.39 Å². The van der Waals surface area contributed by atoms with Gasteiger partial charge in [-0.3, -0.25) is 0 Å². The molecule has 0 aromatic carbocycles. The largest absolute Gasteiger partial charge is 0.495 e. The van der Waals surface area contributed by atoms with Crippen LogP contribution in [0.2, 0.25) is 0 Å². The summed E-state index contributed by atoms with van der Waals surface area (Å²) in [6.45, 7) is 1.83. The van der Waals surface area contributed by atoms with Crippen molar-refractivity contribution in [1.29, 1.82) is 0 Å². The van der Waals surface area contributed by atoms with E-state index in [1.54, 1.807) is 6.92 Å². The first-order chi connectivity index (χ1) is 6.69. The lowest BCUT2D eigenvalue weighted by atomic mass is 10.3.